The lowest BCUT2D eigenvalue weighted by Crippen LogP contribution is -2.59. The van der Waals surface area contributed by atoms with Crippen LogP contribution in [0.5, 0.6) is 5.75 Å². The molecule has 0 amide bonds. The molecule has 2 unspecified atom stereocenters. The summed E-state index contributed by atoms with van der Waals surface area (Å²) in [4.78, 5) is 0. The highest BCUT2D eigenvalue weighted by molar-refractivity contribution is 5.26. The van der Waals surface area contributed by atoms with Gasteiger partial charge in [-0.25, -0.2) is 0 Å². The molecule has 0 spiro atoms. The van der Waals surface area contributed by atoms with Crippen LogP contribution in [0.3, 0.4) is 0 Å². The van der Waals surface area contributed by atoms with Gasteiger partial charge in [0.25, 0.3) is 0 Å². The SMILES string of the molecule is CCC[C@H]1O[C@@H]2C(CC1C)O[C@@H](CC(OC)OC)[C@H](OCc1ccc(OC)cc1)[C@H]2C. The zero-order valence-corrected chi connectivity index (χ0v) is 19.9. The van der Waals surface area contributed by atoms with Crippen LogP contribution in [-0.2, 0) is 30.3 Å². The highest BCUT2D eigenvalue weighted by Crippen LogP contribution is 2.41. The van der Waals surface area contributed by atoms with Gasteiger partial charge < -0.3 is 28.4 Å². The Morgan fingerprint density at radius 3 is 2.32 bits per heavy atom. The molecule has 2 fully saturated rings. The van der Waals surface area contributed by atoms with Gasteiger partial charge in [-0.3, -0.25) is 0 Å². The topological polar surface area (TPSA) is 55.4 Å². The highest BCUT2D eigenvalue weighted by Gasteiger charge is 2.49. The van der Waals surface area contributed by atoms with E-state index in [4.69, 9.17) is 28.4 Å². The minimum absolute atomic E-state index is 0.0495. The molecule has 0 aliphatic carbocycles. The number of benzene rings is 1. The molecule has 31 heavy (non-hydrogen) atoms. The zero-order valence-electron chi connectivity index (χ0n) is 19.9. The highest BCUT2D eigenvalue weighted by atomic mass is 16.7. The average Bonchev–Trinajstić information content (AvgIpc) is 2.78. The Kier molecular flexibility index (Phi) is 9.17. The predicted octanol–water partition coefficient (Wildman–Crippen LogP) is 4.59. The summed E-state index contributed by atoms with van der Waals surface area (Å²) < 4.78 is 35.9. The summed E-state index contributed by atoms with van der Waals surface area (Å²) in [7, 11) is 5.00. The quantitative estimate of drug-likeness (QED) is 0.500. The molecule has 1 aromatic carbocycles. The molecule has 1 aromatic rings. The lowest BCUT2D eigenvalue weighted by atomic mass is 9.79. The van der Waals surface area contributed by atoms with Gasteiger partial charge in [-0.05, 0) is 36.5 Å². The van der Waals surface area contributed by atoms with Gasteiger partial charge >= 0.3 is 0 Å². The largest absolute Gasteiger partial charge is 0.497 e. The molecule has 176 valence electrons. The van der Waals surface area contributed by atoms with Crippen molar-refractivity contribution in [3.8, 4) is 5.75 Å². The molecule has 2 heterocycles. The molecule has 0 radical (unpaired) electrons. The summed E-state index contributed by atoms with van der Waals surface area (Å²) in [5.41, 5.74) is 1.10. The van der Waals surface area contributed by atoms with Gasteiger partial charge in [0.2, 0.25) is 0 Å². The predicted molar refractivity (Wildman–Crippen MR) is 119 cm³/mol. The summed E-state index contributed by atoms with van der Waals surface area (Å²) in [6.07, 6.45) is 3.75. The van der Waals surface area contributed by atoms with E-state index in [2.05, 4.69) is 20.8 Å². The van der Waals surface area contributed by atoms with Crippen LogP contribution < -0.4 is 4.74 Å². The molecule has 6 nitrogen and oxygen atoms in total. The molecule has 6 heteroatoms. The summed E-state index contributed by atoms with van der Waals surface area (Å²) in [6.45, 7) is 7.24. The molecule has 7 atom stereocenters. The number of fused-ring (bicyclic) bond motifs is 1. The maximum Gasteiger partial charge on any atom is 0.159 e. The van der Waals surface area contributed by atoms with Crippen molar-refractivity contribution in [2.45, 2.75) is 89.9 Å². The van der Waals surface area contributed by atoms with Gasteiger partial charge in [0.1, 0.15) is 5.75 Å². The van der Waals surface area contributed by atoms with E-state index in [-0.39, 0.29) is 36.6 Å². The van der Waals surface area contributed by atoms with Crippen molar-refractivity contribution in [2.24, 2.45) is 11.8 Å². The normalized spacial score (nSPS) is 33.3. The lowest BCUT2D eigenvalue weighted by Gasteiger charge is -2.51. The average molecular weight is 437 g/mol. The molecule has 2 aliphatic heterocycles. The number of rotatable bonds is 10. The third-order valence-corrected chi connectivity index (χ3v) is 6.81. The Hall–Kier alpha value is -1.18. The fraction of sp³-hybridized carbons (Fsp3) is 0.760. The van der Waals surface area contributed by atoms with Gasteiger partial charge in [0.15, 0.2) is 6.29 Å². The summed E-state index contributed by atoms with van der Waals surface area (Å²) >= 11 is 0. The third kappa shape index (κ3) is 5.99. The molecule has 2 aliphatic rings. The maximum atomic E-state index is 6.60. The van der Waals surface area contributed by atoms with Gasteiger partial charge in [-0.15, -0.1) is 0 Å². The van der Waals surface area contributed by atoms with Crippen molar-refractivity contribution in [1.29, 1.82) is 0 Å². The van der Waals surface area contributed by atoms with Crippen LogP contribution in [0, 0.1) is 11.8 Å². The van der Waals surface area contributed by atoms with E-state index < -0.39 is 0 Å². The van der Waals surface area contributed by atoms with E-state index in [0.717, 1.165) is 30.6 Å². The number of methoxy groups -OCH3 is 3. The fourth-order valence-electron chi connectivity index (χ4n) is 4.98. The van der Waals surface area contributed by atoms with Gasteiger partial charge in [0.05, 0.1) is 44.2 Å². The molecule has 0 bridgehead atoms. The minimum atomic E-state index is -0.324. The number of ether oxygens (including phenoxy) is 6. The first-order valence-corrected chi connectivity index (χ1v) is 11.6. The number of hydrogen-bond acceptors (Lipinski definition) is 6. The number of hydrogen-bond donors (Lipinski definition) is 0. The van der Waals surface area contributed by atoms with Gasteiger partial charge in [0, 0.05) is 26.6 Å². The maximum absolute atomic E-state index is 6.60. The van der Waals surface area contributed by atoms with E-state index in [0.29, 0.717) is 25.0 Å². The second-order valence-electron chi connectivity index (χ2n) is 8.97. The van der Waals surface area contributed by atoms with Crippen molar-refractivity contribution in [1.82, 2.24) is 0 Å². The molecule has 0 N–H and O–H groups in total. The molecule has 0 saturated carbocycles. The van der Waals surface area contributed by atoms with Crippen molar-refractivity contribution in [3.63, 3.8) is 0 Å². The van der Waals surface area contributed by atoms with Gasteiger partial charge in [-0.1, -0.05) is 39.3 Å². The van der Waals surface area contributed by atoms with Crippen LogP contribution in [0.2, 0.25) is 0 Å². The van der Waals surface area contributed by atoms with Crippen molar-refractivity contribution < 1.29 is 28.4 Å². The first-order valence-electron chi connectivity index (χ1n) is 11.6. The van der Waals surface area contributed by atoms with E-state index in [9.17, 15) is 0 Å². The summed E-state index contributed by atoms with van der Waals surface area (Å²) in [5, 5.41) is 0. The van der Waals surface area contributed by atoms with Crippen LogP contribution in [-0.4, -0.2) is 58.1 Å². The Balaban J connectivity index is 1.74. The monoisotopic (exact) mass is 436 g/mol. The minimum Gasteiger partial charge on any atom is -0.497 e. The van der Waals surface area contributed by atoms with Crippen LogP contribution in [0.1, 0.15) is 52.0 Å². The standard InChI is InChI=1S/C25H40O6/c1-7-8-20-16(2)13-21-25(31-20)17(3)24(22(30-21)14-23(27-5)28-6)29-15-18-9-11-19(26-4)12-10-18/h9-12,16-17,20-25H,7-8,13-15H2,1-6H3/t16?,17-,20-,21?,22+,24-,25+/m1/s1. The van der Waals surface area contributed by atoms with Crippen LogP contribution in [0.4, 0.5) is 0 Å². The third-order valence-electron chi connectivity index (χ3n) is 6.81. The first kappa shape index (κ1) is 24.5. The molecular formula is C25H40O6. The second-order valence-corrected chi connectivity index (χ2v) is 8.97. The van der Waals surface area contributed by atoms with E-state index >= 15 is 0 Å². The van der Waals surface area contributed by atoms with E-state index in [1.54, 1.807) is 21.3 Å². The Labute approximate surface area is 187 Å². The van der Waals surface area contributed by atoms with Crippen molar-refractivity contribution in [3.05, 3.63) is 29.8 Å². The molecule has 3 rings (SSSR count). The molecule has 2 saturated heterocycles. The van der Waals surface area contributed by atoms with Crippen LogP contribution in [0.25, 0.3) is 0 Å². The van der Waals surface area contributed by atoms with Crippen molar-refractivity contribution in [2.75, 3.05) is 21.3 Å². The van der Waals surface area contributed by atoms with Crippen LogP contribution >= 0.6 is 0 Å². The Morgan fingerprint density at radius 1 is 1.00 bits per heavy atom. The fourth-order valence-corrected chi connectivity index (χ4v) is 4.98. The smallest absolute Gasteiger partial charge is 0.159 e. The molecule has 0 aromatic heterocycles. The van der Waals surface area contributed by atoms with Gasteiger partial charge in [-0.2, -0.15) is 0 Å². The van der Waals surface area contributed by atoms with Crippen LogP contribution in [0.15, 0.2) is 24.3 Å². The lowest BCUT2D eigenvalue weighted by molar-refractivity contribution is -0.275. The Morgan fingerprint density at radius 2 is 1.71 bits per heavy atom. The van der Waals surface area contributed by atoms with E-state index in [1.165, 1.54) is 0 Å². The van der Waals surface area contributed by atoms with E-state index in [1.807, 2.05) is 24.3 Å². The summed E-state index contributed by atoms with van der Waals surface area (Å²) in [6, 6.07) is 7.99. The van der Waals surface area contributed by atoms with Crippen molar-refractivity contribution >= 4 is 0 Å². The summed E-state index contributed by atoms with van der Waals surface area (Å²) in [5.74, 6) is 1.54. The Bertz CT molecular complexity index is 646. The molecular weight excluding hydrogens is 396 g/mol. The zero-order chi connectivity index (χ0) is 22.4. The second kappa shape index (κ2) is 11.6. The first-order chi connectivity index (χ1) is 15.0.